The van der Waals surface area contributed by atoms with E-state index < -0.39 is 114 Å². The number of carbonyl (C=O) groups is 6. The van der Waals surface area contributed by atoms with Crippen molar-refractivity contribution in [3.8, 4) is 17.2 Å². The van der Waals surface area contributed by atoms with Crippen LogP contribution >= 0.6 is 0 Å². The Hall–Kier alpha value is -6.64. The van der Waals surface area contributed by atoms with E-state index in [-0.39, 0.29) is 19.8 Å². The number of aliphatic hydroxyl groups is 1. The number of para-hydroxylation sites is 3. The number of amides is 4. The summed E-state index contributed by atoms with van der Waals surface area (Å²) in [7, 11) is 0. The van der Waals surface area contributed by atoms with Gasteiger partial charge in [0.1, 0.15) is 58.0 Å². The number of ether oxygens (including phenoxy) is 11. The van der Waals surface area contributed by atoms with Gasteiger partial charge in [-0.3, -0.25) is 0 Å². The predicted octanol–water partition coefficient (Wildman–Crippen LogP) is 8.68. The van der Waals surface area contributed by atoms with Crippen molar-refractivity contribution in [2.24, 2.45) is 0 Å². The highest BCUT2D eigenvalue weighted by molar-refractivity contribution is 5.95. The Kier molecular flexibility index (Phi) is 21.1. The first-order valence-corrected chi connectivity index (χ1v) is 24.3. The number of imide groups is 2. The van der Waals surface area contributed by atoms with Gasteiger partial charge in [-0.2, -0.15) is 9.80 Å². The molecule has 74 heavy (non-hydrogen) atoms. The summed E-state index contributed by atoms with van der Waals surface area (Å²) >= 11 is 0. The van der Waals surface area contributed by atoms with Crippen molar-refractivity contribution in [1.29, 1.82) is 0 Å². The highest BCUT2D eigenvalue weighted by Gasteiger charge is 2.46. The number of carbonyl (C=O) groups excluding carboxylic acids is 6. The van der Waals surface area contributed by atoms with E-state index in [1.54, 1.807) is 145 Å². The van der Waals surface area contributed by atoms with Gasteiger partial charge in [-0.25, -0.2) is 28.8 Å². The maximum atomic E-state index is 13.5. The molecule has 1 N–H and O–H groups in total. The molecular weight excluding hydrogens is 965 g/mol. The molecule has 0 radical (unpaired) electrons. The van der Waals surface area contributed by atoms with Gasteiger partial charge in [0.05, 0.1) is 26.4 Å². The van der Waals surface area contributed by atoms with Crippen LogP contribution in [0.5, 0.6) is 17.2 Å². The summed E-state index contributed by atoms with van der Waals surface area (Å²) in [6.45, 7) is 21.8. The number of aliphatic hydroxyl groups excluding tert-OH is 1. The molecule has 0 unspecified atom stereocenters. The van der Waals surface area contributed by atoms with Crippen molar-refractivity contribution in [2.45, 2.75) is 168 Å². The second kappa shape index (κ2) is 26.0. The molecule has 0 aliphatic carbocycles. The lowest BCUT2D eigenvalue weighted by molar-refractivity contribution is -0.161. The third kappa shape index (κ3) is 19.7. The zero-order valence-corrected chi connectivity index (χ0v) is 44.9. The standard InChI is InChI=1S/C30H39NO9.C24H35NO9/c1-20-25(38-22-16-12-9-13-17-22)24(37-21-14-10-8-11-15-21)19-35-18-23(26(32)36-20)31(27(33)39-29(2,3)4)28(34)40-30(5,6)7;1-15-19(32-16-11-9-8-10-12-16)18(26)14-30-13-17(20(27)31-15)25(21(28)33-23(2,3)4)22(29)34-24(5,6)7/h8-17,20,23-25H,18-19H2,1-7H3;8-12,15,17-19,26H,13-14H2,1-7H3/t20-,23-,24-,25-;15-,17-,18-,19-/m00/s1. The van der Waals surface area contributed by atoms with Crippen LogP contribution < -0.4 is 14.2 Å². The molecule has 2 aliphatic heterocycles. The highest BCUT2D eigenvalue weighted by atomic mass is 16.6. The van der Waals surface area contributed by atoms with Crippen LogP contribution in [0.3, 0.4) is 0 Å². The third-order valence-corrected chi connectivity index (χ3v) is 9.99. The maximum Gasteiger partial charge on any atom is 0.420 e. The fourth-order valence-electron chi connectivity index (χ4n) is 6.89. The van der Waals surface area contributed by atoms with Crippen LogP contribution in [0.1, 0.15) is 96.9 Å². The molecule has 5 rings (SSSR count). The molecule has 0 bridgehead atoms. The van der Waals surface area contributed by atoms with E-state index in [0.717, 1.165) is 0 Å². The zero-order chi connectivity index (χ0) is 55.2. The summed E-state index contributed by atoms with van der Waals surface area (Å²) in [5.41, 5.74) is -3.79. The molecule has 4 amide bonds. The van der Waals surface area contributed by atoms with Crippen molar-refractivity contribution in [3.05, 3.63) is 91.0 Å². The first kappa shape index (κ1) is 59.9. The topological polar surface area (TPSA) is 231 Å². The Morgan fingerprint density at radius 1 is 0.459 bits per heavy atom. The Labute approximate surface area is 433 Å². The molecule has 20 heteroatoms. The van der Waals surface area contributed by atoms with Crippen LogP contribution in [0.4, 0.5) is 19.2 Å². The molecule has 3 aromatic carbocycles. The highest BCUT2D eigenvalue weighted by Crippen LogP contribution is 2.27. The van der Waals surface area contributed by atoms with E-state index in [0.29, 0.717) is 27.0 Å². The molecule has 2 fully saturated rings. The van der Waals surface area contributed by atoms with Gasteiger partial charge in [0.15, 0.2) is 30.4 Å². The van der Waals surface area contributed by atoms with Crippen LogP contribution in [-0.2, 0) is 47.5 Å². The zero-order valence-electron chi connectivity index (χ0n) is 44.9. The van der Waals surface area contributed by atoms with Gasteiger partial charge in [-0.15, -0.1) is 0 Å². The quantitative estimate of drug-likeness (QED) is 0.164. The SMILES string of the molecule is C[C@@H]1OC(=O)[C@@H](N(C(=O)OC(C)(C)C)C(=O)OC(C)(C)C)COC[C@H](O)[C@H]1Oc1ccccc1.C[C@@H]1OC(=O)[C@@H](N(C(=O)OC(C)(C)C)C(=O)OC(C)(C)C)COC[C@H](Oc2ccccc2)[C@H]1Oc1ccccc1. The van der Waals surface area contributed by atoms with Crippen LogP contribution in [0.25, 0.3) is 0 Å². The average Bonchev–Trinajstić information content (AvgIpc) is 3.35. The van der Waals surface area contributed by atoms with Crippen molar-refractivity contribution < 1.29 is 86.0 Å². The summed E-state index contributed by atoms with van der Waals surface area (Å²) in [5.74, 6) is -0.242. The number of rotatable bonds is 8. The number of benzene rings is 3. The van der Waals surface area contributed by atoms with E-state index in [1.165, 1.54) is 0 Å². The van der Waals surface area contributed by atoms with Crippen LogP contribution in [0.2, 0.25) is 0 Å². The Balaban J connectivity index is 0.000000325. The van der Waals surface area contributed by atoms with Gasteiger partial charge in [0.25, 0.3) is 0 Å². The van der Waals surface area contributed by atoms with Gasteiger partial charge in [0, 0.05) is 0 Å². The summed E-state index contributed by atoms with van der Waals surface area (Å²) < 4.78 is 62.6. The summed E-state index contributed by atoms with van der Waals surface area (Å²) in [6, 6.07) is 23.9. The largest absolute Gasteiger partial charge is 0.484 e. The van der Waals surface area contributed by atoms with E-state index in [9.17, 15) is 33.9 Å². The van der Waals surface area contributed by atoms with Crippen molar-refractivity contribution in [2.75, 3.05) is 26.4 Å². The molecule has 20 nitrogen and oxygen atoms in total. The molecular formula is C54H74N2O18. The minimum atomic E-state index is -1.50. The van der Waals surface area contributed by atoms with E-state index in [4.69, 9.17) is 52.1 Å². The lowest BCUT2D eigenvalue weighted by Gasteiger charge is -2.32. The van der Waals surface area contributed by atoms with Gasteiger partial charge in [0.2, 0.25) is 0 Å². The van der Waals surface area contributed by atoms with E-state index >= 15 is 0 Å². The number of cyclic esters (lactones) is 2. The third-order valence-electron chi connectivity index (χ3n) is 9.99. The molecule has 0 spiro atoms. The van der Waals surface area contributed by atoms with Crippen LogP contribution in [0.15, 0.2) is 91.0 Å². The summed E-state index contributed by atoms with van der Waals surface area (Å²) in [4.78, 5) is 80.1. The second-order valence-corrected chi connectivity index (χ2v) is 21.4. The van der Waals surface area contributed by atoms with E-state index in [1.807, 2.05) is 42.5 Å². The van der Waals surface area contributed by atoms with Crippen molar-refractivity contribution in [3.63, 3.8) is 0 Å². The fourth-order valence-corrected chi connectivity index (χ4v) is 6.89. The first-order chi connectivity index (χ1) is 34.4. The van der Waals surface area contributed by atoms with Gasteiger partial charge < -0.3 is 57.2 Å². The fraction of sp³-hybridized carbons (Fsp3) is 0.556. The molecule has 2 saturated heterocycles. The minimum absolute atomic E-state index is 0.0413. The first-order valence-electron chi connectivity index (χ1n) is 24.3. The molecule has 8 atom stereocenters. The average molecular weight is 1040 g/mol. The number of hydrogen-bond donors (Lipinski definition) is 1. The Morgan fingerprint density at radius 2 is 0.757 bits per heavy atom. The molecule has 0 saturated carbocycles. The summed E-state index contributed by atoms with van der Waals surface area (Å²) in [5, 5.41) is 10.6. The minimum Gasteiger partial charge on any atom is -0.484 e. The maximum absolute atomic E-state index is 13.5. The van der Waals surface area contributed by atoms with Crippen LogP contribution in [-0.4, -0.2) is 149 Å². The number of nitrogens with zero attached hydrogens (tertiary/aromatic N) is 2. The normalized spacial score (nSPS) is 23.0. The Morgan fingerprint density at radius 3 is 1.09 bits per heavy atom. The lowest BCUT2D eigenvalue weighted by Crippen LogP contribution is -2.54. The monoisotopic (exact) mass is 1040 g/mol. The Bertz CT molecular complexity index is 2230. The lowest BCUT2D eigenvalue weighted by atomic mass is 10.1. The van der Waals surface area contributed by atoms with Gasteiger partial charge in [-0.05, 0) is 133 Å². The molecule has 408 valence electrons. The van der Waals surface area contributed by atoms with Crippen molar-refractivity contribution in [1.82, 2.24) is 9.80 Å². The van der Waals surface area contributed by atoms with Gasteiger partial charge in [-0.1, -0.05) is 54.6 Å². The molecule has 0 aromatic heterocycles. The predicted molar refractivity (Wildman–Crippen MR) is 268 cm³/mol. The molecule has 2 heterocycles. The van der Waals surface area contributed by atoms with E-state index in [2.05, 4.69) is 0 Å². The smallest absolute Gasteiger partial charge is 0.420 e. The number of hydrogen-bond acceptors (Lipinski definition) is 18. The van der Waals surface area contributed by atoms with Gasteiger partial charge >= 0.3 is 36.3 Å². The molecule has 2 aliphatic rings. The summed E-state index contributed by atoms with van der Waals surface area (Å²) in [6.07, 6.45) is -9.74. The second-order valence-electron chi connectivity index (χ2n) is 21.4. The molecule has 3 aromatic rings. The van der Waals surface area contributed by atoms with Crippen LogP contribution in [0, 0.1) is 0 Å². The number of esters is 2. The van der Waals surface area contributed by atoms with Crippen molar-refractivity contribution >= 4 is 36.3 Å².